The maximum absolute atomic E-state index is 14.0. The van der Waals surface area contributed by atoms with Crippen LogP contribution >= 0.6 is 38.6 Å². The Balaban J connectivity index is 0.726. The summed E-state index contributed by atoms with van der Waals surface area (Å²) in [6.45, 7) is 14.4. The van der Waals surface area contributed by atoms with Gasteiger partial charge in [-0.2, -0.15) is 0 Å². The fourth-order valence-electron chi connectivity index (χ4n) is 8.54. The molecule has 16 heteroatoms. The monoisotopic (exact) mass is 1020 g/mol. The number of aryl methyl sites for hydroxylation is 1. The van der Waals surface area contributed by atoms with Crippen LogP contribution in [0.1, 0.15) is 44.9 Å². The molecule has 3 N–H and O–H groups in total. The van der Waals surface area contributed by atoms with Crippen LogP contribution in [0.4, 0.5) is 0 Å². The summed E-state index contributed by atoms with van der Waals surface area (Å²) in [5.41, 5.74) is 5.34. The zero-order valence-corrected chi connectivity index (χ0v) is 42.2. The summed E-state index contributed by atoms with van der Waals surface area (Å²) in [7, 11) is 0. The Morgan fingerprint density at radius 2 is 1.51 bits per heavy atom. The van der Waals surface area contributed by atoms with Crippen LogP contribution < -0.4 is 20.1 Å². The highest BCUT2D eigenvalue weighted by Gasteiger charge is 2.42. The Hall–Kier alpha value is -5.36. The van der Waals surface area contributed by atoms with E-state index in [1.807, 2.05) is 99.9 Å². The predicted molar refractivity (Wildman–Crippen MR) is 273 cm³/mol. The van der Waals surface area contributed by atoms with E-state index in [-0.39, 0.29) is 30.1 Å². The summed E-state index contributed by atoms with van der Waals surface area (Å²) in [6.07, 6.45) is 1.29. The van der Waals surface area contributed by atoms with Gasteiger partial charge in [0.05, 0.1) is 27.6 Å². The molecule has 2 saturated heterocycles. The van der Waals surface area contributed by atoms with Gasteiger partial charge in [-0.3, -0.25) is 24.2 Å². The first-order valence-electron chi connectivity index (χ1n) is 23.1. The van der Waals surface area contributed by atoms with Crippen molar-refractivity contribution in [3.8, 4) is 43.9 Å². The van der Waals surface area contributed by atoms with Gasteiger partial charge < -0.3 is 34.9 Å². The number of piperazine rings is 1. The van der Waals surface area contributed by atoms with Crippen molar-refractivity contribution < 1.29 is 33.7 Å². The molecule has 2 aromatic heterocycles. The number of fused-ring (bicyclic) bond motifs is 1. The van der Waals surface area contributed by atoms with Crippen LogP contribution in [0, 0.1) is 12.3 Å². The minimum absolute atomic E-state index is 0.154. The van der Waals surface area contributed by atoms with Crippen LogP contribution in [0.2, 0.25) is 0 Å². The summed E-state index contributed by atoms with van der Waals surface area (Å²) in [5, 5.41) is 17.0. The highest BCUT2D eigenvalue weighted by molar-refractivity contribution is 9.10. The van der Waals surface area contributed by atoms with Crippen molar-refractivity contribution in [2.24, 2.45) is 5.41 Å². The molecule has 4 heterocycles. The van der Waals surface area contributed by atoms with Gasteiger partial charge in [-0.05, 0) is 96.5 Å². The summed E-state index contributed by atoms with van der Waals surface area (Å²) in [4.78, 5) is 53.4. The number of amides is 3. The van der Waals surface area contributed by atoms with Crippen LogP contribution in [0.15, 0.2) is 101 Å². The number of thiophene rings is 1. The van der Waals surface area contributed by atoms with Crippen molar-refractivity contribution in [1.29, 1.82) is 0 Å². The number of benzene rings is 4. The lowest BCUT2D eigenvalue weighted by Gasteiger charge is -2.35. The quantitative estimate of drug-likeness (QED) is 0.0713. The summed E-state index contributed by atoms with van der Waals surface area (Å²) in [6, 6.07) is 27.8. The van der Waals surface area contributed by atoms with Crippen molar-refractivity contribution in [2.45, 2.75) is 59.2 Å². The summed E-state index contributed by atoms with van der Waals surface area (Å²) >= 11 is 6.71. The zero-order valence-electron chi connectivity index (χ0n) is 39.0. The number of carbonyl (C=O) groups excluding carboxylic acids is 3. The van der Waals surface area contributed by atoms with Gasteiger partial charge in [-0.1, -0.05) is 73.1 Å². The molecule has 0 spiro atoms. The van der Waals surface area contributed by atoms with Gasteiger partial charge in [0, 0.05) is 66.9 Å². The second-order valence-corrected chi connectivity index (χ2v) is 21.2. The Kier molecular flexibility index (Phi) is 16.2. The Bertz CT molecular complexity index is 2660. The molecular formula is C52H59BrN6O7S2. The smallest absolute Gasteiger partial charge is 0.246 e. The lowest BCUT2D eigenvalue weighted by atomic mass is 9.85. The van der Waals surface area contributed by atoms with Gasteiger partial charge in [0.1, 0.15) is 42.5 Å². The third-order valence-corrected chi connectivity index (χ3v) is 15.1. The van der Waals surface area contributed by atoms with Crippen molar-refractivity contribution in [3.05, 3.63) is 112 Å². The third kappa shape index (κ3) is 12.4. The van der Waals surface area contributed by atoms with Gasteiger partial charge in [0.15, 0.2) is 5.75 Å². The van der Waals surface area contributed by atoms with Crippen LogP contribution in [0.5, 0.6) is 23.0 Å². The molecule has 0 bridgehead atoms. The summed E-state index contributed by atoms with van der Waals surface area (Å²) < 4.78 is 20.4. The number of rotatable bonds is 18. The number of likely N-dealkylation sites (tertiary alicyclic amines) is 1. The van der Waals surface area contributed by atoms with E-state index in [2.05, 4.69) is 53.5 Å². The molecule has 2 aliphatic heterocycles. The molecule has 0 radical (unpaired) electrons. The van der Waals surface area contributed by atoms with Crippen molar-refractivity contribution in [1.82, 2.24) is 30.3 Å². The second kappa shape index (κ2) is 22.4. The van der Waals surface area contributed by atoms with E-state index in [1.165, 1.54) is 0 Å². The number of halogens is 1. The first-order chi connectivity index (χ1) is 32.8. The van der Waals surface area contributed by atoms with Gasteiger partial charge >= 0.3 is 0 Å². The highest BCUT2D eigenvalue weighted by atomic mass is 79.9. The summed E-state index contributed by atoms with van der Waals surface area (Å²) in [5.74, 6) is 1.63. The topological polar surface area (TPSA) is 146 Å². The minimum Gasteiger partial charge on any atom is -0.508 e. The molecule has 13 nitrogen and oxygen atoms in total. The fourth-order valence-corrected chi connectivity index (χ4v) is 10.8. The maximum atomic E-state index is 14.0. The average molecular weight is 1020 g/mol. The molecule has 2 fully saturated rings. The fraction of sp³-hybridized carbons (Fsp3) is 0.385. The van der Waals surface area contributed by atoms with E-state index < -0.39 is 17.5 Å². The number of ether oxygens (including phenoxy) is 3. The number of nitrogens with one attached hydrogen (secondary N) is 2. The van der Waals surface area contributed by atoms with Crippen LogP contribution in [-0.2, 0) is 25.7 Å². The molecule has 2 aliphatic rings. The normalized spacial score (nSPS) is 16.2. The van der Waals surface area contributed by atoms with E-state index in [0.717, 1.165) is 90.9 Å². The van der Waals surface area contributed by atoms with Crippen molar-refractivity contribution >= 4 is 66.4 Å². The average Bonchev–Trinajstić information content (AvgIpc) is 4.09. The number of phenolic OH excluding ortho intramolecular Hbond substituents is 1. The third-order valence-electron chi connectivity index (χ3n) is 12.4. The highest BCUT2D eigenvalue weighted by Crippen LogP contribution is 2.47. The first kappa shape index (κ1) is 49.1. The Labute approximate surface area is 414 Å². The molecule has 3 amide bonds. The number of carbonyl (C=O) groups is 3. The number of nitrogens with zero attached hydrogens (tertiary/aromatic N) is 4. The van der Waals surface area contributed by atoms with Gasteiger partial charge in [0.25, 0.3) is 0 Å². The molecular weight excluding hydrogens is 965 g/mol. The van der Waals surface area contributed by atoms with Crippen LogP contribution in [-0.4, -0.2) is 120 Å². The molecule has 6 aromatic rings. The van der Waals surface area contributed by atoms with E-state index in [0.29, 0.717) is 51.4 Å². The molecule has 4 aromatic carbocycles. The Morgan fingerprint density at radius 1 is 0.853 bits per heavy atom. The predicted octanol–water partition coefficient (Wildman–Crippen LogP) is 9.11. The van der Waals surface area contributed by atoms with E-state index in [4.69, 9.17) is 14.2 Å². The number of thiazole rings is 1. The SMILES string of the molecule is Cc1ncsc1-c1ccc(CNC(=O)[C@@H]2CCCN2C(=O)[C@@H](NC(=O)COCCN2CCN(CCOc3ccc(Oc4c(-c5ccc(Br)cc5)sc5cc(O)ccc45)cc3)CC2)C(C)(C)C)cc1. The first-order valence-corrected chi connectivity index (χ1v) is 25.6. The van der Waals surface area contributed by atoms with Crippen LogP contribution in [0.3, 0.4) is 0 Å². The number of aromatic nitrogens is 1. The second-order valence-electron chi connectivity index (χ2n) is 18.3. The van der Waals surface area contributed by atoms with E-state index in [9.17, 15) is 19.5 Å². The standard InChI is InChI=1S/C52H59BrN6O7S2/c1-34-47(67-33-55-34)36-9-7-35(8-10-36)31-54-50(62)43-6-5-21-59(43)51(63)49(52(2,3)4)56-45(61)32-64-28-26-57-22-24-58(25-23-57)27-29-65-40-16-18-41(19-17-40)66-46-42-20-15-39(60)30-44(42)68-48(46)37-11-13-38(53)14-12-37/h7-20,30,33,43,49,60H,5-6,21-29,31-32H2,1-4H3,(H,54,62)(H,56,61)/t43-,49+/m0/s1. The molecule has 8 rings (SSSR count). The molecule has 0 saturated carbocycles. The molecule has 358 valence electrons. The molecule has 0 aliphatic carbocycles. The number of phenols is 1. The van der Waals surface area contributed by atoms with Gasteiger partial charge in [-0.25, -0.2) is 4.98 Å². The van der Waals surface area contributed by atoms with E-state index >= 15 is 0 Å². The molecule has 68 heavy (non-hydrogen) atoms. The van der Waals surface area contributed by atoms with Crippen molar-refractivity contribution in [2.75, 3.05) is 65.6 Å². The number of hydrogen-bond donors (Lipinski definition) is 3. The van der Waals surface area contributed by atoms with Crippen LogP contribution in [0.25, 0.3) is 31.0 Å². The number of aromatic hydroxyl groups is 1. The minimum atomic E-state index is -0.813. The molecule has 0 unspecified atom stereocenters. The van der Waals surface area contributed by atoms with Crippen molar-refractivity contribution in [3.63, 3.8) is 0 Å². The Morgan fingerprint density at radius 3 is 2.19 bits per heavy atom. The van der Waals surface area contributed by atoms with Gasteiger partial charge in [0.2, 0.25) is 17.7 Å². The van der Waals surface area contributed by atoms with E-state index in [1.54, 1.807) is 39.7 Å². The number of hydrogen-bond acceptors (Lipinski definition) is 12. The largest absolute Gasteiger partial charge is 0.508 e. The lowest BCUT2D eigenvalue weighted by molar-refractivity contribution is -0.144. The molecule has 2 atom stereocenters. The van der Waals surface area contributed by atoms with Gasteiger partial charge in [-0.15, -0.1) is 22.7 Å². The zero-order chi connectivity index (χ0) is 47.8. The maximum Gasteiger partial charge on any atom is 0.246 e. The lowest BCUT2D eigenvalue weighted by Crippen LogP contribution is -2.58.